The van der Waals surface area contributed by atoms with Crippen LogP contribution in [-0.4, -0.2) is 26.9 Å². The molecule has 0 spiro atoms. The Labute approximate surface area is 129 Å². The first-order valence-corrected chi connectivity index (χ1v) is 6.56. The quantitative estimate of drug-likeness (QED) is 0.525. The van der Waals surface area contributed by atoms with Crippen LogP contribution in [0, 0.1) is 10.1 Å². The average molecular weight is 314 g/mol. The molecule has 116 valence electrons. The summed E-state index contributed by atoms with van der Waals surface area (Å²) in [7, 11) is 0. The highest BCUT2D eigenvalue weighted by molar-refractivity contribution is 6.20. The van der Waals surface area contributed by atoms with E-state index in [1.807, 2.05) is 0 Å². The molecule has 3 rings (SSSR count). The van der Waals surface area contributed by atoms with Gasteiger partial charge in [0, 0.05) is 6.07 Å². The lowest BCUT2D eigenvalue weighted by atomic mass is 10.1. The van der Waals surface area contributed by atoms with Gasteiger partial charge in [0.15, 0.2) is 5.75 Å². The van der Waals surface area contributed by atoms with Gasteiger partial charge in [0.25, 0.3) is 11.8 Å². The van der Waals surface area contributed by atoms with Crippen molar-refractivity contribution in [1.82, 2.24) is 5.06 Å². The Balaban J connectivity index is 1.78. The van der Waals surface area contributed by atoms with E-state index in [-0.39, 0.29) is 17.7 Å². The zero-order valence-corrected chi connectivity index (χ0v) is 11.6. The number of hydrogen-bond donors (Lipinski definition) is 1. The Hall–Kier alpha value is -3.26. The maximum Gasteiger partial charge on any atom is 0.311 e. The second-order valence-corrected chi connectivity index (χ2v) is 4.80. The van der Waals surface area contributed by atoms with E-state index >= 15 is 0 Å². The van der Waals surface area contributed by atoms with E-state index in [0.29, 0.717) is 10.6 Å². The molecule has 0 bridgehead atoms. The molecule has 1 heterocycles. The van der Waals surface area contributed by atoms with Crippen LogP contribution >= 0.6 is 0 Å². The first-order chi connectivity index (χ1) is 11.0. The van der Waals surface area contributed by atoms with Crippen molar-refractivity contribution < 1.29 is 24.5 Å². The third-order valence-electron chi connectivity index (χ3n) is 3.35. The fourth-order valence-corrected chi connectivity index (χ4v) is 2.23. The molecule has 1 N–H and O–H groups in total. The molecule has 0 unspecified atom stereocenters. The second kappa shape index (κ2) is 5.50. The number of phenolic OH excluding ortho intramolecular Hbond substituents is 1. The number of nitro groups is 1. The molecule has 1 aliphatic heterocycles. The predicted octanol–water partition coefficient (Wildman–Crippen LogP) is 2.03. The lowest BCUT2D eigenvalue weighted by molar-refractivity contribution is -0.386. The Bertz CT molecular complexity index is 797. The number of nitro benzene ring substituents is 1. The van der Waals surface area contributed by atoms with E-state index in [4.69, 9.17) is 4.84 Å². The highest BCUT2D eigenvalue weighted by Gasteiger charge is 2.36. The number of phenols is 1. The van der Waals surface area contributed by atoms with Crippen molar-refractivity contribution in [3.63, 3.8) is 0 Å². The topological polar surface area (TPSA) is 110 Å². The zero-order chi connectivity index (χ0) is 16.6. The van der Waals surface area contributed by atoms with Crippen molar-refractivity contribution in [2.24, 2.45) is 0 Å². The van der Waals surface area contributed by atoms with Crippen LogP contribution < -0.4 is 0 Å². The van der Waals surface area contributed by atoms with Gasteiger partial charge in [0.2, 0.25) is 0 Å². The summed E-state index contributed by atoms with van der Waals surface area (Å²) >= 11 is 0. The molecule has 2 amide bonds. The van der Waals surface area contributed by atoms with E-state index in [1.165, 1.54) is 18.2 Å². The molecule has 0 fully saturated rings. The minimum Gasteiger partial charge on any atom is -0.502 e. The number of carbonyl (C=O) groups is 2. The Morgan fingerprint density at radius 1 is 1.09 bits per heavy atom. The Morgan fingerprint density at radius 2 is 1.70 bits per heavy atom. The van der Waals surface area contributed by atoms with Crippen molar-refractivity contribution in [3.8, 4) is 5.75 Å². The largest absolute Gasteiger partial charge is 0.502 e. The molecule has 0 saturated carbocycles. The number of amides is 2. The van der Waals surface area contributed by atoms with Crippen LogP contribution in [0.15, 0.2) is 42.5 Å². The SMILES string of the molecule is O=C1c2ccccc2C(=O)N1OCc1ccc(O)c([N+](=O)[O-])c1. The molecule has 8 heteroatoms. The minimum atomic E-state index is -0.735. The number of aromatic hydroxyl groups is 1. The molecule has 1 aliphatic rings. The average Bonchev–Trinajstić information content (AvgIpc) is 2.78. The van der Waals surface area contributed by atoms with Gasteiger partial charge >= 0.3 is 5.69 Å². The third-order valence-corrected chi connectivity index (χ3v) is 3.35. The first-order valence-electron chi connectivity index (χ1n) is 6.56. The second-order valence-electron chi connectivity index (χ2n) is 4.80. The molecule has 2 aromatic carbocycles. The van der Waals surface area contributed by atoms with Crippen LogP contribution in [0.25, 0.3) is 0 Å². The van der Waals surface area contributed by atoms with Crippen molar-refractivity contribution in [1.29, 1.82) is 0 Å². The van der Waals surface area contributed by atoms with Gasteiger partial charge in [-0.1, -0.05) is 18.2 Å². The van der Waals surface area contributed by atoms with Crippen LogP contribution in [-0.2, 0) is 11.4 Å². The summed E-state index contributed by atoms with van der Waals surface area (Å²) in [5.41, 5.74) is 0.350. The lowest BCUT2D eigenvalue weighted by Gasteiger charge is -2.13. The maximum atomic E-state index is 12.1. The summed E-state index contributed by atoms with van der Waals surface area (Å²) in [6, 6.07) is 9.98. The van der Waals surface area contributed by atoms with Crippen molar-refractivity contribution in [2.45, 2.75) is 6.61 Å². The highest BCUT2D eigenvalue weighted by Crippen LogP contribution is 2.28. The molecule has 8 nitrogen and oxygen atoms in total. The van der Waals surface area contributed by atoms with Gasteiger partial charge in [-0.15, -0.1) is 5.06 Å². The lowest BCUT2D eigenvalue weighted by Crippen LogP contribution is -2.29. The maximum absolute atomic E-state index is 12.1. The minimum absolute atomic E-state index is 0.230. The van der Waals surface area contributed by atoms with Gasteiger partial charge in [-0.05, 0) is 23.8 Å². The van der Waals surface area contributed by atoms with Gasteiger partial charge in [0.1, 0.15) is 6.61 Å². The summed E-state index contributed by atoms with van der Waals surface area (Å²) in [5, 5.41) is 20.8. The molecule has 0 atom stereocenters. The summed E-state index contributed by atoms with van der Waals surface area (Å²) in [5.74, 6) is -1.64. The normalized spacial score (nSPS) is 13.3. The Morgan fingerprint density at radius 3 is 2.26 bits per heavy atom. The predicted molar refractivity (Wildman–Crippen MR) is 76.5 cm³/mol. The van der Waals surface area contributed by atoms with Gasteiger partial charge in [0.05, 0.1) is 16.1 Å². The Kier molecular flexibility index (Phi) is 3.51. The van der Waals surface area contributed by atoms with Gasteiger partial charge in [-0.3, -0.25) is 24.5 Å². The number of hydroxylamine groups is 2. The van der Waals surface area contributed by atoms with Crippen LogP contribution in [0.1, 0.15) is 26.3 Å². The number of rotatable bonds is 4. The van der Waals surface area contributed by atoms with E-state index in [2.05, 4.69) is 0 Å². The molecule has 23 heavy (non-hydrogen) atoms. The molecule has 0 aliphatic carbocycles. The molecular formula is C15H10N2O6. The van der Waals surface area contributed by atoms with Crippen molar-refractivity contribution in [2.75, 3.05) is 0 Å². The molecule has 2 aromatic rings. The summed E-state index contributed by atoms with van der Waals surface area (Å²) in [6.07, 6.45) is 0. The van der Waals surface area contributed by atoms with Crippen LogP contribution in [0.2, 0.25) is 0 Å². The summed E-state index contributed by atoms with van der Waals surface area (Å²) < 4.78 is 0. The first kappa shape index (κ1) is 14.7. The number of nitrogens with zero attached hydrogens (tertiary/aromatic N) is 2. The van der Waals surface area contributed by atoms with E-state index in [0.717, 1.165) is 12.1 Å². The summed E-state index contributed by atoms with van der Waals surface area (Å²) in [6.45, 7) is -0.230. The van der Waals surface area contributed by atoms with E-state index < -0.39 is 28.2 Å². The highest BCUT2D eigenvalue weighted by atomic mass is 16.7. The fraction of sp³-hybridized carbons (Fsp3) is 0.0667. The molecular weight excluding hydrogens is 304 g/mol. The van der Waals surface area contributed by atoms with Crippen LogP contribution in [0.3, 0.4) is 0 Å². The van der Waals surface area contributed by atoms with E-state index in [1.54, 1.807) is 12.1 Å². The zero-order valence-electron chi connectivity index (χ0n) is 11.6. The van der Waals surface area contributed by atoms with Crippen LogP contribution in [0.4, 0.5) is 5.69 Å². The number of carbonyl (C=O) groups excluding carboxylic acids is 2. The third kappa shape index (κ3) is 2.51. The summed E-state index contributed by atoms with van der Waals surface area (Å²) in [4.78, 5) is 39.4. The monoisotopic (exact) mass is 314 g/mol. The van der Waals surface area contributed by atoms with Crippen molar-refractivity contribution in [3.05, 3.63) is 69.3 Å². The number of benzene rings is 2. The van der Waals surface area contributed by atoms with Gasteiger partial charge < -0.3 is 5.11 Å². The molecule has 0 saturated heterocycles. The number of fused-ring (bicyclic) bond motifs is 1. The van der Waals surface area contributed by atoms with Gasteiger partial charge in [-0.25, -0.2) is 0 Å². The number of imide groups is 1. The molecule has 0 aromatic heterocycles. The molecule has 0 radical (unpaired) electrons. The van der Waals surface area contributed by atoms with Crippen LogP contribution in [0.5, 0.6) is 5.75 Å². The smallest absolute Gasteiger partial charge is 0.311 e. The standard InChI is InChI=1S/C15H10N2O6/c18-13-6-5-9(7-12(13)17(21)22)8-23-16-14(19)10-3-1-2-4-11(10)15(16)20/h1-7,18H,8H2. The van der Waals surface area contributed by atoms with Gasteiger partial charge in [-0.2, -0.15) is 0 Å². The van der Waals surface area contributed by atoms with Crippen molar-refractivity contribution >= 4 is 17.5 Å². The number of hydrogen-bond acceptors (Lipinski definition) is 6. The van der Waals surface area contributed by atoms with E-state index in [9.17, 15) is 24.8 Å². The fourth-order valence-electron chi connectivity index (χ4n) is 2.23.